The van der Waals surface area contributed by atoms with Crippen molar-refractivity contribution in [2.45, 2.75) is 20.3 Å². The minimum Gasteiger partial charge on any atom is -0.385 e. The maximum Gasteiger partial charge on any atom is 0.168 e. The summed E-state index contributed by atoms with van der Waals surface area (Å²) < 4.78 is 4.95. The summed E-state index contributed by atoms with van der Waals surface area (Å²) in [5.74, 6) is 0.638. The Hall–Kier alpha value is -0.350. The molecule has 0 atom stereocenters. The van der Waals surface area contributed by atoms with Crippen LogP contribution in [0, 0.1) is 5.92 Å². The fourth-order valence-electron chi connectivity index (χ4n) is 1.18. The van der Waals surface area contributed by atoms with E-state index in [0.29, 0.717) is 5.92 Å². The molecule has 0 spiro atoms. The van der Waals surface area contributed by atoms with E-state index in [1.165, 1.54) is 0 Å². The lowest BCUT2D eigenvalue weighted by Crippen LogP contribution is -2.39. The molecule has 0 aromatic heterocycles. The Labute approximate surface area is 92.8 Å². The minimum absolute atomic E-state index is 0.638. The fraction of sp³-hybridized carbons (Fsp3) is 0.900. The first-order chi connectivity index (χ1) is 6.57. The van der Waals surface area contributed by atoms with Crippen LogP contribution in [-0.2, 0) is 4.74 Å². The van der Waals surface area contributed by atoms with Gasteiger partial charge in [0.1, 0.15) is 0 Å². The molecule has 0 aliphatic rings. The van der Waals surface area contributed by atoms with E-state index in [9.17, 15) is 0 Å². The van der Waals surface area contributed by atoms with Gasteiger partial charge in [0.05, 0.1) is 0 Å². The Bertz CT molecular complexity index is 162. The molecule has 0 saturated carbocycles. The van der Waals surface area contributed by atoms with Crippen molar-refractivity contribution < 1.29 is 4.74 Å². The van der Waals surface area contributed by atoms with E-state index in [-0.39, 0.29) is 0 Å². The summed E-state index contributed by atoms with van der Waals surface area (Å²) in [6.45, 7) is 7.03. The average molecular weight is 218 g/mol. The van der Waals surface area contributed by atoms with Gasteiger partial charge >= 0.3 is 0 Å². The maximum absolute atomic E-state index is 5.22. The van der Waals surface area contributed by atoms with E-state index in [4.69, 9.17) is 17.0 Å². The summed E-state index contributed by atoms with van der Waals surface area (Å²) in [5.41, 5.74) is 0. The van der Waals surface area contributed by atoms with Gasteiger partial charge in [0.2, 0.25) is 0 Å². The first-order valence-electron chi connectivity index (χ1n) is 5.05. The second-order valence-corrected chi connectivity index (χ2v) is 4.24. The molecule has 4 heteroatoms. The van der Waals surface area contributed by atoms with Gasteiger partial charge in [-0.25, -0.2) is 0 Å². The van der Waals surface area contributed by atoms with Crippen molar-refractivity contribution in [3.63, 3.8) is 0 Å². The van der Waals surface area contributed by atoms with E-state index in [1.807, 2.05) is 7.05 Å². The molecule has 84 valence electrons. The van der Waals surface area contributed by atoms with E-state index >= 15 is 0 Å². The van der Waals surface area contributed by atoms with Crippen molar-refractivity contribution in [3.05, 3.63) is 0 Å². The van der Waals surface area contributed by atoms with Crippen LogP contribution in [0.15, 0.2) is 0 Å². The van der Waals surface area contributed by atoms with Crippen LogP contribution in [0.3, 0.4) is 0 Å². The van der Waals surface area contributed by atoms with Gasteiger partial charge in [-0.15, -0.1) is 0 Å². The minimum atomic E-state index is 0.638. The van der Waals surface area contributed by atoms with E-state index in [0.717, 1.165) is 31.2 Å². The van der Waals surface area contributed by atoms with Crippen molar-refractivity contribution in [2.24, 2.45) is 5.92 Å². The first-order valence-corrected chi connectivity index (χ1v) is 5.46. The molecule has 0 heterocycles. The number of nitrogens with one attached hydrogen (secondary N) is 1. The fourth-order valence-corrected chi connectivity index (χ4v) is 1.35. The highest BCUT2D eigenvalue weighted by molar-refractivity contribution is 7.80. The van der Waals surface area contributed by atoms with Gasteiger partial charge in [0, 0.05) is 33.9 Å². The quantitative estimate of drug-likeness (QED) is 0.539. The Morgan fingerprint density at radius 1 is 1.50 bits per heavy atom. The van der Waals surface area contributed by atoms with Crippen LogP contribution in [0.25, 0.3) is 0 Å². The molecule has 0 fully saturated rings. The second kappa shape index (κ2) is 8.00. The maximum atomic E-state index is 5.22. The van der Waals surface area contributed by atoms with Crippen molar-refractivity contribution in [1.29, 1.82) is 0 Å². The zero-order chi connectivity index (χ0) is 11.0. The molecule has 0 unspecified atom stereocenters. The highest BCUT2D eigenvalue weighted by Gasteiger charge is 2.04. The highest BCUT2D eigenvalue weighted by Crippen LogP contribution is 1.96. The Morgan fingerprint density at radius 3 is 2.64 bits per heavy atom. The number of nitrogens with zero attached hydrogens (tertiary/aromatic N) is 1. The summed E-state index contributed by atoms with van der Waals surface area (Å²) in [6.07, 6.45) is 0.992. The zero-order valence-corrected chi connectivity index (χ0v) is 10.5. The first kappa shape index (κ1) is 13.7. The Morgan fingerprint density at radius 2 is 2.14 bits per heavy atom. The van der Waals surface area contributed by atoms with Crippen LogP contribution in [0.4, 0.5) is 0 Å². The average Bonchev–Trinajstić information content (AvgIpc) is 2.11. The summed E-state index contributed by atoms with van der Waals surface area (Å²) >= 11 is 5.22. The van der Waals surface area contributed by atoms with Gasteiger partial charge in [-0.2, -0.15) is 0 Å². The summed E-state index contributed by atoms with van der Waals surface area (Å²) in [5, 5.41) is 4.03. The molecule has 0 aromatic carbocycles. The van der Waals surface area contributed by atoms with Crippen molar-refractivity contribution in [2.75, 3.05) is 33.9 Å². The van der Waals surface area contributed by atoms with Crippen molar-refractivity contribution in [1.82, 2.24) is 10.2 Å². The molecule has 3 nitrogen and oxygen atoms in total. The number of methoxy groups -OCH3 is 1. The molecule has 0 rings (SSSR count). The highest BCUT2D eigenvalue weighted by atomic mass is 32.1. The molecular formula is C10H22N2OS. The lowest BCUT2D eigenvalue weighted by Gasteiger charge is -2.22. The Kier molecular flexibility index (Phi) is 7.80. The van der Waals surface area contributed by atoms with Crippen LogP contribution in [-0.4, -0.2) is 43.9 Å². The van der Waals surface area contributed by atoms with E-state index in [1.54, 1.807) is 7.11 Å². The third kappa shape index (κ3) is 7.09. The van der Waals surface area contributed by atoms with Gasteiger partial charge in [-0.1, -0.05) is 13.8 Å². The molecule has 1 N–H and O–H groups in total. The SMILES string of the molecule is COCCCNC(=S)N(C)CC(C)C. The van der Waals surface area contributed by atoms with Crippen molar-refractivity contribution >= 4 is 17.3 Å². The monoisotopic (exact) mass is 218 g/mol. The molecule has 0 amide bonds. The smallest absolute Gasteiger partial charge is 0.168 e. The van der Waals surface area contributed by atoms with Crippen LogP contribution in [0.2, 0.25) is 0 Å². The summed E-state index contributed by atoms with van der Waals surface area (Å²) in [6, 6.07) is 0. The van der Waals surface area contributed by atoms with Crippen LogP contribution >= 0.6 is 12.2 Å². The second-order valence-electron chi connectivity index (χ2n) is 3.85. The third-order valence-corrected chi connectivity index (χ3v) is 2.24. The largest absolute Gasteiger partial charge is 0.385 e. The molecule has 0 bridgehead atoms. The topological polar surface area (TPSA) is 24.5 Å². The summed E-state index contributed by atoms with van der Waals surface area (Å²) in [7, 11) is 3.73. The molecule has 0 radical (unpaired) electrons. The normalized spacial score (nSPS) is 10.4. The van der Waals surface area contributed by atoms with Gasteiger partial charge in [0.25, 0.3) is 0 Å². The summed E-state index contributed by atoms with van der Waals surface area (Å²) in [4.78, 5) is 2.08. The number of ether oxygens (including phenoxy) is 1. The third-order valence-electron chi connectivity index (χ3n) is 1.79. The van der Waals surface area contributed by atoms with E-state index < -0.39 is 0 Å². The van der Waals surface area contributed by atoms with Crippen LogP contribution < -0.4 is 5.32 Å². The Balaban J connectivity index is 3.52. The molecule has 0 saturated heterocycles. The predicted molar refractivity (Wildman–Crippen MR) is 64.6 cm³/mol. The van der Waals surface area contributed by atoms with E-state index in [2.05, 4.69) is 24.1 Å². The van der Waals surface area contributed by atoms with Crippen LogP contribution in [0.1, 0.15) is 20.3 Å². The molecular weight excluding hydrogens is 196 g/mol. The molecule has 0 aliphatic carbocycles. The van der Waals surface area contributed by atoms with Crippen LogP contribution in [0.5, 0.6) is 0 Å². The van der Waals surface area contributed by atoms with Gasteiger partial charge in [-0.3, -0.25) is 0 Å². The number of hydrogen-bond donors (Lipinski definition) is 1. The van der Waals surface area contributed by atoms with Gasteiger partial charge in [-0.05, 0) is 24.6 Å². The number of thiocarbonyl (C=S) groups is 1. The molecule has 14 heavy (non-hydrogen) atoms. The lowest BCUT2D eigenvalue weighted by atomic mass is 10.2. The van der Waals surface area contributed by atoms with Gasteiger partial charge in [0.15, 0.2) is 5.11 Å². The van der Waals surface area contributed by atoms with Gasteiger partial charge < -0.3 is 15.0 Å². The number of hydrogen-bond acceptors (Lipinski definition) is 2. The molecule has 0 aromatic rings. The number of rotatable bonds is 6. The standard InChI is InChI=1S/C10H22N2OS/c1-9(2)8-12(3)10(14)11-6-5-7-13-4/h9H,5-8H2,1-4H3,(H,11,14). The predicted octanol–water partition coefficient (Wildman–Crippen LogP) is 1.49. The zero-order valence-electron chi connectivity index (χ0n) is 9.67. The molecule has 0 aliphatic heterocycles. The van der Waals surface area contributed by atoms with Crippen molar-refractivity contribution in [3.8, 4) is 0 Å². The lowest BCUT2D eigenvalue weighted by molar-refractivity contribution is 0.195.